The van der Waals surface area contributed by atoms with E-state index in [0.717, 1.165) is 16.6 Å². The molecule has 0 atom stereocenters. The third kappa shape index (κ3) is 5.29. The van der Waals surface area contributed by atoms with Crippen LogP contribution < -0.4 is 16.4 Å². The molecule has 33 heavy (non-hydrogen) atoms. The summed E-state index contributed by atoms with van der Waals surface area (Å²) in [6.45, 7) is 21.4. The van der Waals surface area contributed by atoms with Gasteiger partial charge in [-0.2, -0.15) is 0 Å². The number of rotatable bonds is 5. The molecule has 0 amide bonds. The molecule has 3 aromatic rings. The molecule has 3 aromatic carbocycles. The van der Waals surface area contributed by atoms with E-state index in [-0.39, 0.29) is 17.5 Å². The van der Waals surface area contributed by atoms with Crippen molar-refractivity contribution in [3.05, 3.63) is 89.0 Å². The molecular weight excluding hydrogens is 395 g/mol. The molecule has 0 bridgehead atoms. The van der Waals surface area contributed by atoms with Gasteiger partial charge in [-0.25, -0.2) is 0 Å². The van der Waals surface area contributed by atoms with E-state index in [0.29, 0.717) is 0 Å². The molecule has 0 aromatic heterocycles. The van der Waals surface area contributed by atoms with Gasteiger partial charge in [0.15, 0.2) is 0 Å². The monoisotopic (exact) mass is 440 g/mol. The lowest BCUT2D eigenvalue weighted by atomic mass is 9.32. The summed E-state index contributed by atoms with van der Waals surface area (Å²) in [5.74, 6) is -1.61. The average Bonchev–Trinajstić information content (AvgIpc) is 2.72. The zero-order chi connectivity index (χ0) is 26.4. The molecule has 0 saturated carbocycles. The lowest BCUT2D eigenvalue weighted by Gasteiger charge is -2.33. The summed E-state index contributed by atoms with van der Waals surface area (Å²) in [5.41, 5.74) is 8.14. The number of benzene rings is 3. The van der Waals surface area contributed by atoms with Gasteiger partial charge in [0.1, 0.15) is 0 Å². The number of hydrogen-bond donors (Lipinski definition) is 0. The van der Waals surface area contributed by atoms with Gasteiger partial charge in [0.25, 0.3) is 0 Å². The Hall–Kier alpha value is -2.28. The molecular formula is C32H43B. The average molecular weight is 441 g/mol. The highest BCUT2D eigenvalue weighted by molar-refractivity contribution is 6.96. The molecule has 0 fully saturated rings. The Balaban J connectivity index is 2.60. The van der Waals surface area contributed by atoms with Crippen LogP contribution >= 0.6 is 0 Å². The van der Waals surface area contributed by atoms with Gasteiger partial charge >= 0.3 is 0 Å². The predicted molar refractivity (Wildman–Crippen MR) is 150 cm³/mol. The highest BCUT2D eigenvalue weighted by Gasteiger charge is 2.35. The van der Waals surface area contributed by atoms with Gasteiger partial charge in [-0.3, -0.25) is 0 Å². The van der Waals surface area contributed by atoms with E-state index >= 15 is 0 Å². The zero-order valence-electron chi connectivity index (χ0n) is 24.4. The van der Waals surface area contributed by atoms with Crippen LogP contribution in [0, 0.1) is 0 Å². The van der Waals surface area contributed by atoms with E-state index in [2.05, 4.69) is 102 Å². The Morgan fingerprint density at radius 2 is 0.939 bits per heavy atom. The standard InChI is InChI=1S/C32H43B/c1-22(2)24-16-15-17-25(23(3)4)30(24)33(28-20-13-11-18-26(28)31(5,6)7)29-21-14-12-19-27(29)32(8,9)10/h11-23H,1-10H3/i22D,23D. The van der Waals surface area contributed by atoms with Gasteiger partial charge in [0.2, 0.25) is 6.71 Å². The molecule has 0 N–H and O–H groups in total. The van der Waals surface area contributed by atoms with Crippen LogP contribution in [-0.2, 0) is 10.8 Å². The molecule has 174 valence electrons. The minimum atomic E-state index is -0.803. The zero-order valence-corrected chi connectivity index (χ0v) is 22.4. The van der Waals surface area contributed by atoms with Crippen LogP contribution in [0.2, 0.25) is 0 Å². The molecule has 0 spiro atoms. The SMILES string of the molecule is [2H]C(C)(C)c1cccc(C([2H])(C)C)c1B(c1ccccc1C(C)(C)C)c1ccccc1C(C)(C)C. The van der Waals surface area contributed by atoms with Gasteiger partial charge in [-0.05, 0) is 44.9 Å². The van der Waals surface area contributed by atoms with Gasteiger partial charge in [0.05, 0.1) is 0 Å². The van der Waals surface area contributed by atoms with Crippen LogP contribution in [-0.4, -0.2) is 6.71 Å². The van der Waals surface area contributed by atoms with Crippen LogP contribution in [0.4, 0.5) is 0 Å². The van der Waals surface area contributed by atoms with Crippen molar-refractivity contribution < 1.29 is 2.74 Å². The smallest absolute Gasteiger partial charge is 0.0667 e. The topological polar surface area (TPSA) is 0 Å². The molecule has 0 aliphatic heterocycles. The minimum Gasteiger partial charge on any atom is -0.0667 e. The largest absolute Gasteiger partial charge is 0.242 e. The Morgan fingerprint density at radius 1 is 0.576 bits per heavy atom. The fourth-order valence-corrected chi connectivity index (χ4v) is 5.09. The van der Waals surface area contributed by atoms with Crippen molar-refractivity contribution in [2.75, 3.05) is 0 Å². The quantitative estimate of drug-likeness (QED) is 0.373. The summed E-state index contributed by atoms with van der Waals surface area (Å²) in [5, 5.41) is 0. The Morgan fingerprint density at radius 3 is 1.27 bits per heavy atom. The van der Waals surface area contributed by atoms with Crippen molar-refractivity contribution in [1.82, 2.24) is 0 Å². The van der Waals surface area contributed by atoms with E-state index < -0.39 is 11.8 Å². The molecule has 0 radical (unpaired) electrons. The molecule has 0 unspecified atom stereocenters. The fourth-order valence-electron chi connectivity index (χ4n) is 5.09. The summed E-state index contributed by atoms with van der Waals surface area (Å²) in [6.07, 6.45) is 0. The first-order valence-electron chi connectivity index (χ1n) is 13.3. The van der Waals surface area contributed by atoms with E-state index in [4.69, 9.17) is 2.74 Å². The summed E-state index contributed by atoms with van der Waals surface area (Å²) >= 11 is 0. The third-order valence-corrected chi connectivity index (χ3v) is 6.63. The lowest BCUT2D eigenvalue weighted by Crippen LogP contribution is -2.58. The Bertz CT molecular complexity index is 1090. The Kier molecular flexibility index (Phi) is 6.50. The molecule has 0 heterocycles. The normalized spacial score (nSPS) is 14.0. The van der Waals surface area contributed by atoms with E-state index in [1.54, 1.807) is 0 Å². The van der Waals surface area contributed by atoms with Crippen molar-refractivity contribution >= 4 is 23.1 Å². The molecule has 1 heteroatoms. The second kappa shape index (κ2) is 9.53. The highest BCUT2D eigenvalue weighted by atomic mass is 14.3. The van der Waals surface area contributed by atoms with E-state index in [1.807, 2.05) is 33.8 Å². The van der Waals surface area contributed by atoms with Gasteiger partial charge in [0, 0.05) is 2.74 Å². The van der Waals surface area contributed by atoms with Crippen molar-refractivity contribution in [2.45, 2.75) is 91.9 Å². The first kappa shape index (κ1) is 22.5. The van der Waals surface area contributed by atoms with Gasteiger partial charge in [-0.1, -0.05) is 152 Å². The van der Waals surface area contributed by atoms with Gasteiger partial charge in [-0.15, -0.1) is 0 Å². The van der Waals surface area contributed by atoms with Crippen molar-refractivity contribution in [3.8, 4) is 0 Å². The highest BCUT2D eigenvalue weighted by Crippen LogP contribution is 2.26. The Labute approximate surface area is 206 Å². The summed E-state index contributed by atoms with van der Waals surface area (Å²) in [6, 6.07) is 23.8. The second-order valence-electron chi connectivity index (χ2n) is 11.9. The maximum atomic E-state index is 9.12. The molecule has 0 saturated heterocycles. The maximum absolute atomic E-state index is 9.12. The van der Waals surface area contributed by atoms with Crippen LogP contribution in [0.3, 0.4) is 0 Å². The predicted octanol–water partition coefficient (Wildman–Crippen LogP) is 7.04. The summed E-state index contributed by atoms with van der Waals surface area (Å²) in [7, 11) is 0. The van der Waals surface area contributed by atoms with E-state index in [9.17, 15) is 0 Å². The first-order valence-corrected chi connectivity index (χ1v) is 12.3. The summed E-state index contributed by atoms with van der Waals surface area (Å²) < 4.78 is 18.2. The van der Waals surface area contributed by atoms with Gasteiger partial charge < -0.3 is 0 Å². The first-order chi connectivity index (χ1) is 15.9. The second-order valence-corrected chi connectivity index (χ2v) is 11.9. The fraction of sp³-hybridized carbons (Fsp3) is 0.438. The van der Waals surface area contributed by atoms with E-state index in [1.165, 1.54) is 22.1 Å². The molecule has 3 rings (SSSR count). The van der Waals surface area contributed by atoms with Crippen LogP contribution in [0.15, 0.2) is 66.7 Å². The number of hydrogen-bond acceptors (Lipinski definition) is 0. The summed E-state index contributed by atoms with van der Waals surface area (Å²) in [4.78, 5) is 0. The van der Waals surface area contributed by atoms with Crippen molar-refractivity contribution in [2.24, 2.45) is 0 Å². The minimum absolute atomic E-state index is 0.0480. The lowest BCUT2D eigenvalue weighted by molar-refractivity contribution is 0.593. The third-order valence-electron chi connectivity index (χ3n) is 6.63. The van der Waals surface area contributed by atoms with Crippen molar-refractivity contribution in [3.63, 3.8) is 0 Å². The molecule has 0 nitrogen and oxygen atoms in total. The molecule has 0 aliphatic carbocycles. The van der Waals surface area contributed by atoms with Crippen LogP contribution in [0.25, 0.3) is 0 Å². The van der Waals surface area contributed by atoms with Crippen LogP contribution in [0.5, 0.6) is 0 Å². The van der Waals surface area contributed by atoms with Crippen molar-refractivity contribution in [1.29, 1.82) is 0 Å². The van der Waals surface area contributed by atoms with Crippen LogP contribution in [0.1, 0.15) is 106 Å². The molecule has 0 aliphatic rings. The maximum Gasteiger partial charge on any atom is 0.242 e.